The van der Waals surface area contributed by atoms with Gasteiger partial charge < -0.3 is 9.26 Å². The molecule has 0 unspecified atom stereocenters. The normalized spacial score (nSPS) is 11.6. The molecule has 2 aromatic heterocycles. The molecule has 0 atom stereocenters. The molecular weight excluding hydrogens is 528 g/mol. The van der Waals surface area contributed by atoms with E-state index < -0.39 is 15.8 Å². The molecule has 0 saturated carbocycles. The molecule has 0 fully saturated rings. The summed E-state index contributed by atoms with van der Waals surface area (Å²) in [5.74, 6) is -0.0347. The molecule has 7 nitrogen and oxygen atoms in total. The lowest BCUT2D eigenvalue weighted by Gasteiger charge is -2.15. The average molecular weight is 544 g/mol. The summed E-state index contributed by atoms with van der Waals surface area (Å²) in [6.45, 7) is 0. The summed E-state index contributed by atoms with van der Waals surface area (Å²) in [7, 11) is -2.39. The van der Waals surface area contributed by atoms with Gasteiger partial charge in [-0.25, -0.2) is 12.8 Å². The highest BCUT2D eigenvalue weighted by molar-refractivity contribution is 7.92. The van der Waals surface area contributed by atoms with Gasteiger partial charge in [-0.2, -0.15) is 0 Å². The Morgan fingerprint density at radius 2 is 1.81 bits per heavy atom. The Morgan fingerprint density at radius 3 is 2.53 bits per heavy atom. The number of methoxy groups -OCH3 is 1. The number of pyridine rings is 1. The number of halogens is 3. The molecular formula is C25H16Cl2FN3O4S. The molecule has 0 aliphatic carbocycles. The number of ether oxygens (including phenoxy) is 1. The maximum Gasteiger partial charge on any atom is 0.263 e. The number of rotatable bonds is 6. The Labute approximate surface area is 215 Å². The van der Waals surface area contributed by atoms with Crippen molar-refractivity contribution >= 4 is 49.8 Å². The summed E-state index contributed by atoms with van der Waals surface area (Å²) in [6.07, 6.45) is 2.83. The summed E-state index contributed by atoms with van der Waals surface area (Å²) in [5, 5.41) is 5.25. The second-order valence-electron chi connectivity index (χ2n) is 7.69. The van der Waals surface area contributed by atoms with Crippen LogP contribution in [0.4, 0.5) is 10.2 Å². The predicted octanol–water partition coefficient (Wildman–Crippen LogP) is 6.81. The molecule has 0 aliphatic rings. The van der Waals surface area contributed by atoms with E-state index in [2.05, 4.69) is 19.4 Å². The molecule has 11 heteroatoms. The van der Waals surface area contributed by atoms with Crippen molar-refractivity contribution in [2.45, 2.75) is 4.90 Å². The van der Waals surface area contributed by atoms with Gasteiger partial charge in [0.05, 0.1) is 22.7 Å². The molecule has 0 aliphatic heterocycles. The Kier molecular flexibility index (Phi) is 6.29. The van der Waals surface area contributed by atoms with Crippen molar-refractivity contribution in [3.8, 4) is 28.1 Å². The van der Waals surface area contributed by atoms with Gasteiger partial charge in [-0.15, -0.1) is 0 Å². The van der Waals surface area contributed by atoms with Crippen molar-refractivity contribution in [3.05, 3.63) is 89.0 Å². The summed E-state index contributed by atoms with van der Waals surface area (Å²) in [5.41, 5.74) is 2.21. The maximum absolute atomic E-state index is 14.0. The van der Waals surface area contributed by atoms with E-state index in [4.69, 9.17) is 27.9 Å². The second-order valence-corrected chi connectivity index (χ2v) is 10.2. The van der Waals surface area contributed by atoms with Crippen LogP contribution in [0.5, 0.6) is 5.75 Å². The lowest BCUT2D eigenvalue weighted by atomic mass is 9.98. The summed E-state index contributed by atoms with van der Waals surface area (Å²) < 4.78 is 52.3. The number of anilines is 1. The Morgan fingerprint density at radius 1 is 0.972 bits per heavy atom. The highest BCUT2D eigenvalue weighted by Gasteiger charge is 2.19. The zero-order valence-electron chi connectivity index (χ0n) is 18.5. The number of benzene rings is 3. The van der Waals surface area contributed by atoms with E-state index in [0.717, 1.165) is 0 Å². The summed E-state index contributed by atoms with van der Waals surface area (Å²) in [6, 6.07) is 15.6. The predicted molar refractivity (Wildman–Crippen MR) is 136 cm³/mol. The van der Waals surface area contributed by atoms with Crippen LogP contribution in [0.25, 0.3) is 33.2 Å². The Balaban J connectivity index is 1.60. The third kappa shape index (κ3) is 4.48. The minimum atomic E-state index is -3.89. The summed E-state index contributed by atoms with van der Waals surface area (Å²) in [4.78, 5) is 4.55. The van der Waals surface area contributed by atoms with Gasteiger partial charge >= 0.3 is 0 Å². The fraction of sp³-hybridized carbons (Fsp3) is 0.0400. The highest BCUT2D eigenvalue weighted by atomic mass is 35.5. The summed E-state index contributed by atoms with van der Waals surface area (Å²) >= 11 is 12.4. The third-order valence-corrected chi connectivity index (χ3v) is 7.47. The van der Waals surface area contributed by atoms with Crippen LogP contribution in [-0.4, -0.2) is 25.7 Å². The van der Waals surface area contributed by atoms with Crippen LogP contribution >= 0.6 is 23.2 Å². The van der Waals surface area contributed by atoms with Gasteiger partial charge in [0.15, 0.2) is 5.82 Å². The van der Waals surface area contributed by atoms with Crippen molar-refractivity contribution < 1.29 is 22.1 Å². The quantitative estimate of drug-likeness (QED) is 0.252. The topological polar surface area (TPSA) is 94.3 Å². The van der Waals surface area contributed by atoms with Crippen molar-refractivity contribution in [3.63, 3.8) is 0 Å². The molecule has 0 spiro atoms. The van der Waals surface area contributed by atoms with Crippen LogP contribution < -0.4 is 9.46 Å². The van der Waals surface area contributed by atoms with Crippen molar-refractivity contribution in [1.29, 1.82) is 0 Å². The first-order chi connectivity index (χ1) is 17.3. The van der Waals surface area contributed by atoms with Crippen molar-refractivity contribution in [2.24, 2.45) is 0 Å². The Hall–Kier alpha value is -3.66. The number of aromatic nitrogens is 2. The maximum atomic E-state index is 14.0. The fourth-order valence-corrected chi connectivity index (χ4v) is 5.21. The SMILES string of the molecule is COc1cc(-c2ccc(Cl)c(F)c2)c(Cl)cc1-c1nccc2cc(S(=O)(=O)Nc3ccon3)ccc12. The number of hydrogen-bond donors (Lipinski definition) is 1. The molecule has 182 valence electrons. The third-order valence-electron chi connectivity index (χ3n) is 5.50. The van der Waals surface area contributed by atoms with Gasteiger partial charge in [-0.3, -0.25) is 9.71 Å². The van der Waals surface area contributed by atoms with Gasteiger partial charge in [-0.05, 0) is 53.4 Å². The van der Waals surface area contributed by atoms with Gasteiger partial charge in [-0.1, -0.05) is 40.5 Å². The standard InChI is InChI=1S/C25H16Cl2FN3O4S/c1-34-23-13-18(14-2-5-20(26)22(28)11-14)21(27)12-19(23)25-17-4-3-16(10-15(17)6-8-29-25)36(32,33)31-24-7-9-35-30-24/h2-13H,1H3,(H,30,31). The number of nitrogens with one attached hydrogen (secondary N) is 1. The average Bonchev–Trinajstić information content (AvgIpc) is 3.37. The number of nitrogens with zero attached hydrogens (tertiary/aromatic N) is 2. The monoisotopic (exact) mass is 543 g/mol. The van der Waals surface area contributed by atoms with E-state index in [1.54, 1.807) is 36.5 Å². The minimum Gasteiger partial charge on any atom is -0.496 e. The lowest BCUT2D eigenvalue weighted by Crippen LogP contribution is -2.13. The zero-order valence-corrected chi connectivity index (χ0v) is 20.8. The molecule has 0 saturated heterocycles. The van der Waals surface area contributed by atoms with Gasteiger partial charge in [0, 0.05) is 33.8 Å². The van der Waals surface area contributed by atoms with Crippen molar-refractivity contribution in [1.82, 2.24) is 10.1 Å². The smallest absolute Gasteiger partial charge is 0.263 e. The zero-order chi connectivity index (χ0) is 25.4. The first-order valence-corrected chi connectivity index (χ1v) is 12.7. The van der Waals surface area contributed by atoms with Crippen LogP contribution in [-0.2, 0) is 10.0 Å². The molecule has 0 bridgehead atoms. The first-order valence-electron chi connectivity index (χ1n) is 10.4. The minimum absolute atomic E-state index is 0.0102. The van der Waals surface area contributed by atoms with E-state index in [1.807, 2.05) is 0 Å². The molecule has 2 heterocycles. The molecule has 5 rings (SSSR count). The molecule has 0 radical (unpaired) electrons. The van der Waals surface area contributed by atoms with E-state index >= 15 is 0 Å². The first kappa shape index (κ1) is 24.1. The van der Waals surface area contributed by atoms with Crippen LogP contribution in [0.1, 0.15) is 0 Å². The second kappa shape index (κ2) is 9.42. The van der Waals surface area contributed by atoms with E-state index in [0.29, 0.717) is 43.9 Å². The van der Waals surface area contributed by atoms with Crippen LogP contribution in [0, 0.1) is 5.82 Å². The lowest BCUT2D eigenvalue weighted by molar-refractivity contribution is 0.416. The van der Waals surface area contributed by atoms with E-state index in [-0.39, 0.29) is 15.7 Å². The molecule has 36 heavy (non-hydrogen) atoms. The number of fused-ring (bicyclic) bond motifs is 1. The molecule has 1 N–H and O–H groups in total. The molecule has 3 aromatic carbocycles. The largest absolute Gasteiger partial charge is 0.496 e. The fourth-order valence-electron chi connectivity index (χ4n) is 3.79. The van der Waals surface area contributed by atoms with Gasteiger partial charge in [0.1, 0.15) is 17.8 Å². The number of hydrogen-bond acceptors (Lipinski definition) is 6. The van der Waals surface area contributed by atoms with Crippen molar-refractivity contribution in [2.75, 3.05) is 11.8 Å². The van der Waals surface area contributed by atoms with Gasteiger partial charge in [0.25, 0.3) is 10.0 Å². The van der Waals surface area contributed by atoms with E-state index in [1.165, 1.54) is 43.7 Å². The van der Waals surface area contributed by atoms with Crippen LogP contribution in [0.15, 0.2) is 82.5 Å². The molecule has 0 amide bonds. The highest BCUT2D eigenvalue weighted by Crippen LogP contribution is 2.41. The Bertz CT molecular complexity index is 1710. The number of sulfonamides is 1. The van der Waals surface area contributed by atoms with Crippen LogP contribution in [0.2, 0.25) is 10.0 Å². The van der Waals surface area contributed by atoms with Crippen LogP contribution in [0.3, 0.4) is 0 Å². The van der Waals surface area contributed by atoms with Gasteiger partial charge in [0.2, 0.25) is 0 Å². The molecule has 5 aromatic rings. The van der Waals surface area contributed by atoms with E-state index in [9.17, 15) is 12.8 Å².